The third-order valence-corrected chi connectivity index (χ3v) is 6.02. The van der Waals surface area contributed by atoms with Gasteiger partial charge in [-0.3, -0.25) is 9.59 Å². The summed E-state index contributed by atoms with van der Waals surface area (Å²) in [5, 5.41) is 2.79. The molecule has 1 N–H and O–H groups in total. The number of rotatable bonds is 30. The van der Waals surface area contributed by atoms with Crippen molar-refractivity contribution >= 4 is 11.7 Å². The Kier molecular flexibility index (Phi) is 25.0. The smallest absolute Gasteiger partial charge is 0.258 e. The number of carbonyl (C=O) groups excluding carboxylic acids is 2. The minimum atomic E-state index is -0.205. The largest absolute Gasteiger partial charge is 0.484 e. The number of hydrogen-bond donors (Lipinski definition) is 1. The van der Waals surface area contributed by atoms with Crippen molar-refractivity contribution in [3.05, 3.63) is 29.3 Å². The van der Waals surface area contributed by atoms with Crippen LogP contribution < -0.4 is 10.1 Å². The maximum absolute atomic E-state index is 12.0. The highest BCUT2D eigenvalue weighted by Gasteiger charge is 2.09. The fourth-order valence-electron chi connectivity index (χ4n) is 3.75. The molecule has 0 aliphatic carbocycles. The molecule has 0 saturated heterocycles. The van der Waals surface area contributed by atoms with E-state index in [-0.39, 0.29) is 18.3 Å². The Labute approximate surface area is 251 Å². The topological polar surface area (TPSA) is 120 Å². The zero-order valence-corrected chi connectivity index (χ0v) is 26.0. The van der Waals surface area contributed by atoms with Crippen molar-refractivity contribution in [3.63, 3.8) is 0 Å². The van der Waals surface area contributed by atoms with E-state index in [0.717, 1.165) is 44.3 Å². The highest BCUT2D eigenvalue weighted by Crippen LogP contribution is 2.19. The Hall–Kier alpha value is -2.12. The standard InChI is InChI=1S/C31H53NO10/c1-4-28-25-29(9-10-30(28)27(2)33)42-26-31(34)32-11-14-36-12-7-5-6-8-13-37-17-18-39-21-22-41-24-23-40-20-19-38-16-15-35-3/h9-10,25H,4-8,11-24,26H2,1-3H3,(H,32,34). The number of hydrogen-bond acceptors (Lipinski definition) is 10. The first-order valence-corrected chi connectivity index (χ1v) is 15.1. The molecule has 1 aromatic carbocycles. The number of carbonyl (C=O) groups is 2. The van der Waals surface area contributed by atoms with Crippen LogP contribution in [0.15, 0.2) is 18.2 Å². The molecule has 0 bridgehead atoms. The number of Topliss-reactive ketones (excluding diaryl/α,β-unsaturated/α-hetero) is 1. The number of amides is 1. The average molecular weight is 600 g/mol. The van der Waals surface area contributed by atoms with Gasteiger partial charge in [-0.2, -0.15) is 0 Å². The molecule has 0 saturated carbocycles. The second-order valence-electron chi connectivity index (χ2n) is 9.45. The van der Waals surface area contributed by atoms with Crippen LogP contribution in [0, 0.1) is 0 Å². The molecule has 42 heavy (non-hydrogen) atoms. The van der Waals surface area contributed by atoms with Crippen molar-refractivity contribution < 1.29 is 47.5 Å². The summed E-state index contributed by atoms with van der Waals surface area (Å²) in [5.41, 5.74) is 1.60. The third-order valence-electron chi connectivity index (χ3n) is 6.02. The Morgan fingerprint density at radius 2 is 1.17 bits per heavy atom. The quantitative estimate of drug-likeness (QED) is 0.104. The monoisotopic (exact) mass is 599 g/mol. The number of ether oxygens (including phenoxy) is 8. The molecule has 0 heterocycles. The molecule has 0 radical (unpaired) electrons. The molecule has 0 unspecified atom stereocenters. The van der Waals surface area contributed by atoms with Gasteiger partial charge in [0.05, 0.1) is 72.7 Å². The van der Waals surface area contributed by atoms with Crippen LogP contribution in [0.4, 0.5) is 0 Å². The van der Waals surface area contributed by atoms with Gasteiger partial charge >= 0.3 is 0 Å². The fraction of sp³-hybridized carbons (Fsp3) is 0.742. The summed E-state index contributed by atoms with van der Waals surface area (Å²) < 4.78 is 43.3. The van der Waals surface area contributed by atoms with Crippen LogP contribution in [-0.4, -0.2) is 118 Å². The molecule has 0 aromatic heterocycles. The molecule has 11 nitrogen and oxygen atoms in total. The van der Waals surface area contributed by atoms with Gasteiger partial charge in [-0.1, -0.05) is 19.8 Å². The Morgan fingerprint density at radius 3 is 1.67 bits per heavy atom. The van der Waals surface area contributed by atoms with E-state index in [9.17, 15) is 9.59 Å². The average Bonchev–Trinajstić information content (AvgIpc) is 2.99. The summed E-state index contributed by atoms with van der Waals surface area (Å²) in [4.78, 5) is 23.6. The predicted octanol–water partition coefficient (Wildman–Crippen LogP) is 3.25. The molecule has 0 spiro atoms. The normalized spacial score (nSPS) is 11.1. The van der Waals surface area contributed by atoms with Gasteiger partial charge in [-0.25, -0.2) is 0 Å². The Bertz CT molecular complexity index is 808. The first-order valence-electron chi connectivity index (χ1n) is 15.1. The molecule has 1 aromatic rings. The van der Waals surface area contributed by atoms with Crippen molar-refractivity contribution in [1.82, 2.24) is 5.32 Å². The molecular weight excluding hydrogens is 546 g/mol. The van der Waals surface area contributed by atoms with Gasteiger partial charge in [0.2, 0.25) is 0 Å². The van der Waals surface area contributed by atoms with Crippen LogP contribution in [0.25, 0.3) is 0 Å². The number of nitrogens with one attached hydrogen (secondary N) is 1. The van der Waals surface area contributed by atoms with Gasteiger partial charge in [0.15, 0.2) is 12.4 Å². The minimum Gasteiger partial charge on any atom is -0.484 e. The summed E-state index contributed by atoms with van der Waals surface area (Å²) in [7, 11) is 1.65. The highest BCUT2D eigenvalue weighted by molar-refractivity contribution is 5.95. The number of ketones is 1. The molecule has 0 atom stereocenters. The summed E-state index contributed by atoms with van der Waals surface area (Å²) in [6.07, 6.45) is 4.87. The molecule has 242 valence electrons. The van der Waals surface area contributed by atoms with Crippen molar-refractivity contribution in [2.24, 2.45) is 0 Å². The fourth-order valence-corrected chi connectivity index (χ4v) is 3.75. The molecule has 1 amide bonds. The van der Waals surface area contributed by atoms with Crippen LogP contribution in [0.2, 0.25) is 0 Å². The maximum atomic E-state index is 12.0. The number of methoxy groups -OCH3 is 1. The van der Waals surface area contributed by atoms with Gasteiger partial charge in [-0.15, -0.1) is 0 Å². The summed E-state index contributed by atoms with van der Waals surface area (Å²) in [5.74, 6) is 0.400. The zero-order chi connectivity index (χ0) is 30.5. The van der Waals surface area contributed by atoms with Gasteiger partial charge < -0.3 is 43.2 Å². The lowest BCUT2D eigenvalue weighted by atomic mass is 10.0. The van der Waals surface area contributed by atoms with Gasteiger partial charge in [0.1, 0.15) is 5.75 Å². The van der Waals surface area contributed by atoms with Crippen molar-refractivity contribution in [2.45, 2.75) is 46.0 Å². The van der Waals surface area contributed by atoms with Crippen LogP contribution in [0.5, 0.6) is 5.75 Å². The molecule has 0 aliphatic rings. The summed E-state index contributed by atoms with van der Waals surface area (Å²) in [6, 6.07) is 5.28. The Morgan fingerprint density at radius 1 is 0.667 bits per heavy atom. The van der Waals surface area contributed by atoms with Gasteiger partial charge in [-0.05, 0) is 49.9 Å². The van der Waals surface area contributed by atoms with E-state index < -0.39 is 0 Å². The van der Waals surface area contributed by atoms with E-state index in [1.165, 1.54) is 0 Å². The molecule has 0 aliphatic heterocycles. The third kappa shape index (κ3) is 21.6. The second kappa shape index (κ2) is 27.7. The number of benzene rings is 1. The first kappa shape index (κ1) is 37.9. The summed E-state index contributed by atoms with van der Waals surface area (Å²) in [6.45, 7) is 11.3. The predicted molar refractivity (Wildman–Crippen MR) is 160 cm³/mol. The lowest BCUT2D eigenvalue weighted by Gasteiger charge is -2.11. The maximum Gasteiger partial charge on any atom is 0.258 e. The molecular formula is C31H53NO10. The van der Waals surface area contributed by atoms with E-state index in [0.29, 0.717) is 97.1 Å². The van der Waals surface area contributed by atoms with Crippen molar-refractivity contribution in [3.8, 4) is 5.75 Å². The van der Waals surface area contributed by atoms with Crippen LogP contribution >= 0.6 is 0 Å². The van der Waals surface area contributed by atoms with Crippen LogP contribution in [-0.2, 0) is 44.4 Å². The van der Waals surface area contributed by atoms with Crippen molar-refractivity contribution in [1.29, 1.82) is 0 Å². The van der Waals surface area contributed by atoms with E-state index >= 15 is 0 Å². The Balaban J connectivity index is 1.79. The molecule has 11 heteroatoms. The SMILES string of the molecule is CCc1cc(OCC(=O)NCCOCCCCCCOCCOCCOCCOCCOCCOC)ccc1C(C)=O. The molecule has 0 fully saturated rings. The van der Waals surface area contributed by atoms with E-state index in [2.05, 4.69) is 5.32 Å². The van der Waals surface area contributed by atoms with E-state index in [1.807, 2.05) is 13.0 Å². The number of unbranched alkanes of at least 4 members (excludes halogenated alkanes) is 3. The minimum absolute atomic E-state index is 0.0240. The van der Waals surface area contributed by atoms with E-state index in [1.54, 1.807) is 26.2 Å². The van der Waals surface area contributed by atoms with Crippen LogP contribution in [0.1, 0.15) is 55.5 Å². The van der Waals surface area contributed by atoms with E-state index in [4.69, 9.17) is 37.9 Å². The summed E-state index contributed by atoms with van der Waals surface area (Å²) >= 11 is 0. The number of aryl methyl sites for hydroxylation is 1. The lowest BCUT2D eigenvalue weighted by Crippen LogP contribution is -2.31. The zero-order valence-electron chi connectivity index (χ0n) is 26.0. The van der Waals surface area contributed by atoms with Gasteiger partial charge in [0.25, 0.3) is 5.91 Å². The van der Waals surface area contributed by atoms with Crippen molar-refractivity contribution in [2.75, 3.05) is 106 Å². The first-order chi connectivity index (χ1) is 20.6. The highest BCUT2D eigenvalue weighted by atomic mass is 16.6. The van der Waals surface area contributed by atoms with Gasteiger partial charge in [0, 0.05) is 32.4 Å². The second-order valence-corrected chi connectivity index (χ2v) is 9.45. The molecule has 1 rings (SSSR count). The van der Waals surface area contributed by atoms with Crippen LogP contribution in [0.3, 0.4) is 0 Å². The lowest BCUT2D eigenvalue weighted by molar-refractivity contribution is -0.123.